The van der Waals surface area contributed by atoms with E-state index in [9.17, 15) is 27.8 Å². The van der Waals surface area contributed by atoms with Gasteiger partial charge >= 0.3 is 41.5 Å². The van der Waals surface area contributed by atoms with E-state index in [0.717, 1.165) is 25.1 Å². The molecule has 0 spiro atoms. The summed E-state index contributed by atoms with van der Waals surface area (Å²) in [7, 11) is -5.16. The third-order valence-electron chi connectivity index (χ3n) is 8.48. The van der Waals surface area contributed by atoms with Crippen molar-refractivity contribution in [3.05, 3.63) is 136 Å². The summed E-state index contributed by atoms with van der Waals surface area (Å²) in [5, 5.41) is 11.8. The van der Waals surface area contributed by atoms with Crippen LogP contribution in [0.25, 0.3) is 6.08 Å². The maximum absolute atomic E-state index is 16.0. The van der Waals surface area contributed by atoms with E-state index < -0.39 is 72.8 Å². The number of carbonyl (C=O) groups is 2. The van der Waals surface area contributed by atoms with Crippen molar-refractivity contribution in [1.29, 1.82) is 5.26 Å². The zero-order valence-electron chi connectivity index (χ0n) is 31.3. The van der Waals surface area contributed by atoms with Crippen molar-refractivity contribution in [1.82, 2.24) is 14.8 Å². The van der Waals surface area contributed by atoms with Crippen LogP contribution in [0.5, 0.6) is 0 Å². The van der Waals surface area contributed by atoms with Crippen LogP contribution in [-0.2, 0) is 58.2 Å². The molecule has 0 bridgehead atoms. The van der Waals surface area contributed by atoms with Gasteiger partial charge in [-0.25, -0.2) is 27.6 Å². The number of phosphoric acid groups is 1. The van der Waals surface area contributed by atoms with Crippen LogP contribution >= 0.6 is 19.6 Å². The first-order chi connectivity index (χ1) is 27.2. The molecule has 1 fully saturated rings. The van der Waals surface area contributed by atoms with Gasteiger partial charge in [-0.3, -0.25) is 9.36 Å². The Bertz CT molecular complexity index is 2210. The Morgan fingerprint density at radius 1 is 1.12 bits per heavy atom. The minimum Gasteiger partial charge on any atom is -0.756 e. The smallest absolute Gasteiger partial charge is 0.756 e. The first-order valence-corrected chi connectivity index (χ1v) is 19.5. The number of aromatic nitrogens is 3. The number of hydrogen-bond donors (Lipinski definition) is 1. The van der Waals surface area contributed by atoms with Gasteiger partial charge in [0.1, 0.15) is 36.7 Å². The van der Waals surface area contributed by atoms with E-state index in [4.69, 9.17) is 29.1 Å². The van der Waals surface area contributed by atoms with E-state index in [-0.39, 0.29) is 82.7 Å². The molecule has 1 unspecified atom stereocenters. The van der Waals surface area contributed by atoms with Crippen molar-refractivity contribution in [2.45, 2.75) is 56.0 Å². The Balaban J connectivity index is 0.00000744. The van der Waals surface area contributed by atoms with Crippen LogP contribution in [0.15, 0.2) is 85.5 Å². The van der Waals surface area contributed by atoms with Crippen molar-refractivity contribution in [3.8, 4) is 6.07 Å². The third-order valence-corrected chi connectivity index (χ3v) is 10.4. The maximum Gasteiger partial charge on any atom is 1.00 e. The number of esters is 2. The van der Waals surface area contributed by atoms with Crippen molar-refractivity contribution >= 4 is 37.6 Å². The number of benzene rings is 3. The fraction of sp³-hybridized carbons (Fsp3) is 0.289. The number of nitriles is 1. The summed E-state index contributed by atoms with van der Waals surface area (Å²) in [5.74, 6) is -4.22. The molecule has 20 heteroatoms. The molecule has 3 atom stereocenters. The van der Waals surface area contributed by atoms with Crippen LogP contribution in [0.1, 0.15) is 52.0 Å². The summed E-state index contributed by atoms with van der Waals surface area (Å²) in [4.78, 5) is 50.4. The number of phosphoric ester groups is 1. The topological polar surface area (TPSA) is 195 Å². The summed E-state index contributed by atoms with van der Waals surface area (Å²) in [6.45, 7) is 1.67. The molecule has 2 heterocycles. The van der Waals surface area contributed by atoms with Gasteiger partial charge in [-0.05, 0) is 48.9 Å². The molecule has 5 rings (SSSR count). The predicted molar refractivity (Wildman–Crippen MR) is 196 cm³/mol. The zero-order chi connectivity index (χ0) is 41.2. The fourth-order valence-corrected chi connectivity index (χ4v) is 7.38. The molecule has 1 aliphatic heterocycles. The summed E-state index contributed by atoms with van der Waals surface area (Å²) in [6.07, 6.45) is 8.08. The third kappa shape index (κ3) is 12.9. The number of ether oxygens (including phenoxy) is 4. The van der Waals surface area contributed by atoms with Gasteiger partial charge in [0, 0.05) is 34.9 Å². The molecule has 1 N–H and O–H groups in total. The molecule has 1 saturated heterocycles. The van der Waals surface area contributed by atoms with Gasteiger partial charge in [0.2, 0.25) is 0 Å². The molecule has 300 valence electrons. The van der Waals surface area contributed by atoms with Gasteiger partial charge in [-0.2, -0.15) is 10.4 Å². The van der Waals surface area contributed by atoms with Crippen LogP contribution < -0.4 is 34.5 Å². The molecular formula is C38H35F3N4NaO10PS. The molecule has 3 aromatic carbocycles. The van der Waals surface area contributed by atoms with Crippen LogP contribution in [0.2, 0.25) is 0 Å². The minimum absolute atomic E-state index is 0. The monoisotopic (exact) mass is 850 g/mol. The second kappa shape index (κ2) is 21.2. The SMILES string of the molecule is CC(=O)OCc1ccc(COP(=O)([O-])O)cc1C(=O)O[C@@](Cn1cncn1)(c1ccc(F)cc1F)[C@@H](C)S[C@H]1CO[C@H](C=CC=Cc2ccc(C#N)cc2F)OC1.[Na+]. The van der Waals surface area contributed by atoms with Crippen molar-refractivity contribution in [2.24, 2.45) is 0 Å². The number of carbonyl (C=O) groups excluding carboxylic acids is 2. The first-order valence-electron chi connectivity index (χ1n) is 17.0. The van der Waals surface area contributed by atoms with Crippen molar-refractivity contribution in [3.63, 3.8) is 0 Å². The second-order valence-electron chi connectivity index (χ2n) is 12.5. The van der Waals surface area contributed by atoms with E-state index in [0.29, 0.717) is 6.07 Å². The maximum atomic E-state index is 16.0. The summed E-state index contributed by atoms with van der Waals surface area (Å²) >= 11 is 1.22. The number of allylic oxidation sites excluding steroid dienone is 2. The number of thioether (sulfide) groups is 1. The molecule has 0 aliphatic carbocycles. The average Bonchev–Trinajstić information content (AvgIpc) is 3.68. The van der Waals surface area contributed by atoms with E-state index in [1.807, 2.05) is 6.07 Å². The predicted octanol–water partition coefficient (Wildman–Crippen LogP) is 2.50. The molecule has 1 aliphatic rings. The Morgan fingerprint density at radius 2 is 1.88 bits per heavy atom. The van der Waals surface area contributed by atoms with Gasteiger partial charge < -0.3 is 33.3 Å². The average molecular weight is 851 g/mol. The fourth-order valence-electron chi connectivity index (χ4n) is 5.71. The van der Waals surface area contributed by atoms with Gasteiger partial charge in [0.25, 0.3) is 7.82 Å². The Hall–Kier alpha value is -4.12. The molecule has 58 heavy (non-hydrogen) atoms. The van der Waals surface area contributed by atoms with Gasteiger partial charge in [0.15, 0.2) is 11.9 Å². The van der Waals surface area contributed by atoms with E-state index in [2.05, 4.69) is 14.6 Å². The Kier molecular flexibility index (Phi) is 17.0. The molecule has 1 aromatic heterocycles. The van der Waals surface area contributed by atoms with Gasteiger partial charge in [-0.1, -0.05) is 36.4 Å². The molecule has 0 amide bonds. The normalized spacial score (nSPS) is 18.1. The zero-order valence-corrected chi connectivity index (χ0v) is 35.0. The summed E-state index contributed by atoms with van der Waals surface area (Å²) in [5.41, 5.74) is -1.68. The Morgan fingerprint density at radius 3 is 2.52 bits per heavy atom. The van der Waals surface area contributed by atoms with Crippen LogP contribution in [0.4, 0.5) is 13.2 Å². The van der Waals surface area contributed by atoms with Crippen LogP contribution in [0.3, 0.4) is 0 Å². The van der Waals surface area contributed by atoms with Gasteiger partial charge in [-0.15, -0.1) is 11.8 Å². The quantitative estimate of drug-likeness (QED) is 0.0748. The number of hydrogen-bond acceptors (Lipinski definition) is 13. The van der Waals surface area contributed by atoms with E-state index in [1.54, 1.807) is 25.2 Å². The van der Waals surface area contributed by atoms with Crippen molar-refractivity contribution < 1.29 is 90.1 Å². The number of nitrogens with zero attached hydrogens (tertiary/aromatic N) is 4. The number of rotatable bonds is 16. The summed E-state index contributed by atoms with van der Waals surface area (Å²) in [6, 6.07) is 12.7. The molecule has 0 radical (unpaired) electrons. The Labute approximate surface area is 357 Å². The minimum atomic E-state index is -5.16. The molecule has 4 aromatic rings. The first kappa shape index (κ1) is 46.6. The van der Waals surface area contributed by atoms with Crippen LogP contribution in [0, 0.1) is 28.8 Å². The summed E-state index contributed by atoms with van der Waals surface area (Å²) < 4.78 is 84.8. The van der Waals surface area contributed by atoms with E-state index >= 15 is 4.39 Å². The van der Waals surface area contributed by atoms with Crippen molar-refractivity contribution in [2.75, 3.05) is 13.2 Å². The second-order valence-corrected chi connectivity index (χ2v) is 15.4. The standard InChI is InChI=1S/C38H36F3N4O10PS.Na/c1-24(57-31-19-52-36(53-20-31)6-4-3-5-28-9-7-26(16-42)14-34(28)40)38(21-45-23-43-22-44-45,33-12-11-30(39)15-35(33)41)55-37(47)32-13-27(17-54-56(48,49)50)8-10-29(32)18-51-25(2)46;/h3-15,22-24,31,36H,17-21H2,1-2H3,(H2,48,49,50);/q;+1/p-1/t24-,31-,36-,38-;/m1./s1. The van der Waals surface area contributed by atoms with E-state index in [1.165, 1.54) is 65.5 Å². The van der Waals surface area contributed by atoms with Crippen LogP contribution in [-0.4, -0.2) is 61.6 Å². The molecule has 0 saturated carbocycles. The molecule has 14 nitrogen and oxygen atoms in total. The van der Waals surface area contributed by atoms with Gasteiger partial charge in [0.05, 0.1) is 48.8 Å². The number of halogens is 3. The largest absolute Gasteiger partial charge is 1.00 e. The molecular weight excluding hydrogens is 815 g/mol.